The number of ketones is 1. The van der Waals surface area contributed by atoms with Crippen molar-refractivity contribution in [2.75, 3.05) is 5.32 Å². The Kier molecular flexibility index (Phi) is 3.84. The molecule has 2 aromatic rings. The van der Waals surface area contributed by atoms with E-state index < -0.39 is 34.7 Å². The molecule has 0 heterocycles. The summed E-state index contributed by atoms with van der Waals surface area (Å²) in [6.07, 6.45) is 0. The maximum Gasteiger partial charge on any atom is 0.296 e. The maximum absolute atomic E-state index is 13.4. The quantitative estimate of drug-likeness (QED) is 0.693. The summed E-state index contributed by atoms with van der Waals surface area (Å²) in [4.78, 5) is 23.3. The zero-order valence-corrected chi connectivity index (χ0v) is 9.99. The predicted molar refractivity (Wildman–Crippen MR) is 65.7 cm³/mol. The van der Waals surface area contributed by atoms with Gasteiger partial charge < -0.3 is 5.32 Å². The van der Waals surface area contributed by atoms with Crippen LogP contribution in [0.15, 0.2) is 42.5 Å². The van der Waals surface area contributed by atoms with Crippen molar-refractivity contribution < 1.29 is 22.8 Å². The topological polar surface area (TPSA) is 46.2 Å². The largest absolute Gasteiger partial charge is 0.319 e. The van der Waals surface area contributed by atoms with Crippen LogP contribution in [0.4, 0.5) is 18.9 Å². The van der Waals surface area contributed by atoms with Gasteiger partial charge in [-0.3, -0.25) is 9.59 Å². The van der Waals surface area contributed by atoms with E-state index in [1.807, 2.05) is 0 Å². The van der Waals surface area contributed by atoms with Gasteiger partial charge in [-0.25, -0.2) is 13.2 Å². The number of hydrogen-bond acceptors (Lipinski definition) is 2. The van der Waals surface area contributed by atoms with Crippen molar-refractivity contribution in [1.82, 2.24) is 0 Å². The minimum Gasteiger partial charge on any atom is -0.319 e. The average molecular weight is 279 g/mol. The van der Waals surface area contributed by atoms with Gasteiger partial charge in [-0.2, -0.15) is 0 Å². The van der Waals surface area contributed by atoms with Gasteiger partial charge in [0, 0.05) is 5.69 Å². The number of rotatable bonds is 3. The second-order valence-corrected chi connectivity index (χ2v) is 3.92. The summed E-state index contributed by atoms with van der Waals surface area (Å²) < 4.78 is 39.2. The third kappa shape index (κ3) is 3.03. The number of amides is 1. The van der Waals surface area contributed by atoms with Gasteiger partial charge in [0.2, 0.25) is 0 Å². The number of Topliss-reactive ketones (excluding diaryl/α,β-unsaturated/α-hetero) is 1. The molecular weight excluding hydrogens is 271 g/mol. The molecule has 0 aliphatic carbocycles. The molecule has 0 fully saturated rings. The second-order valence-electron chi connectivity index (χ2n) is 3.92. The molecule has 0 radical (unpaired) electrons. The Morgan fingerprint density at radius 1 is 0.900 bits per heavy atom. The highest BCUT2D eigenvalue weighted by Crippen LogP contribution is 2.13. The summed E-state index contributed by atoms with van der Waals surface area (Å²) in [5.74, 6) is -4.88. The zero-order valence-electron chi connectivity index (χ0n) is 9.99. The zero-order chi connectivity index (χ0) is 14.7. The van der Waals surface area contributed by atoms with Gasteiger partial charge in [0.15, 0.2) is 0 Å². The van der Waals surface area contributed by atoms with Crippen LogP contribution in [0.25, 0.3) is 0 Å². The van der Waals surface area contributed by atoms with Crippen LogP contribution in [-0.2, 0) is 4.79 Å². The fourth-order valence-corrected chi connectivity index (χ4v) is 1.55. The highest BCUT2D eigenvalue weighted by molar-refractivity contribution is 6.46. The molecule has 0 aliphatic rings. The molecule has 0 aromatic heterocycles. The van der Waals surface area contributed by atoms with E-state index >= 15 is 0 Å². The highest BCUT2D eigenvalue weighted by Gasteiger charge is 2.20. The first kappa shape index (κ1) is 13.8. The van der Waals surface area contributed by atoms with Crippen LogP contribution < -0.4 is 5.32 Å². The molecule has 1 N–H and O–H groups in total. The third-order valence-corrected chi connectivity index (χ3v) is 2.46. The van der Waals surface area contributed by atoms with E-state index in [1.165, 1.54) is 12.1 Å². The van der Waals surface area contributed by atoms with Gasteiger partial charge in [-0.05, 0) is 36.4 Å². The molecule has 2 rings (SSSR count). The molecule has 2 aromatic carbocycles. The number of benzene rings is 2. The first-order valence-electron chi connectivity index (χ1n) is 5.53. The van der Waals surface area contributed by atoms with Crippen molar-refractivity contribution in [2.45, 2.75) is 0 Å². The normalized spacial score (nSPS) is 10.2. The minimum absolute atomic E-state index is 0.0418. The number of hydrogen-bond donors (Lipinski definition) is 1. The molecule has 20 heavy (non-hydrogen) atoms. The van der Waals surface area contributed by atoms with Crippen LogP contribution in [0.3, 0.4) is 0 Å². The minimum atomic E-state index is -1.24. The van der Waals surface area contributed by atoms with E-state index in [9.17, 15) is 22.8 Å². The van der Waals surface area contributed by atoms with E-state index in [-0.39, 0.29) is 5.69 Å². The van der Waals surface area contributed by atoms with E-state index in [4.69, 9.17) is 0 Å². The van der Waals surface area contributed by atoms with E-state index in [0.717, 1.165) is 24.3 Å². The lowest BCUT2D eigenvalue weighted by atomic mass is 10.1. The standard InChI is InChI=1S/C14H8F3NO2/c15-8-2-1-3-10(6-8)18-14(20)13(19)11-7-9(16)4-5-12(11)17/h1-7H,(H,18,20). The highest BCUT2D eigenvalue weighted by atomic mass is 19.1. The van der Waals surface area contributed by atoms with Gasteiger partial charge in [-0.15, -0.1) is 0 Å². The van der Waals surface area contributed by atoms with Crippen molar-refractivity contribution in [1.29, 1.82) is 0 Å². The fourth-order valence-electron chi connectivity index (χ4n) is 1.55. The molecule has 3 nitrogen and oxygen atoms in total. The SMILES string of the molecule is O=C(Nc1cccc(F)c1)C(=O)c1cc(F)ccc1F. The lowest BCUT2D eigenvalue weighted by molar-refractivity contribution is -0.112. The van der Waals surface area contributed by atoms with E-state index in [2.05, 4.69) is 5.32 Å². The van der Waals surface area contributed by atoms with Crippen LogP contribution >= 0.6 is 0 Å². The molecule has 0 bridgehead atoms. The molecule has 0 saturated carbocycles. The molecule has 1 amide bonds. The van der Waals surface area contributed by atoms with Crippen LogP contribution in [0, 0.1) is 17.5 Å². The van der Waals surface area contributed by atoms with Crippen molar-refractivity contribution in [3.05, 3.63) is 65.5 Å². The maximum atomic E-state index is 13.4. The van der Waals surface area contributed by atoms with E-state index in [0.29, 0.717) is 6.07 Å². The molecular formula is C14H8F3NO2. The Morgan fingerprint density at radius 2 is 1.60 bits per heavy atom. The van der Waals surface area contributed by atoms with Crippen molar-refractivity contribution >= 4 is 17.4 Å². The summed E-state index contributed by atoms with van der Waals surface area (Å²) in [5, 5.41) is 2.11. The van der Waals surface area contributed by atoms with Crippen molar-refractivity contribution in [2.24, 2.45) is 0 Å². The summed E-state index contributed by atoms with van der Waals surface area (Å²) in [6.45, 7) is 0. The number of anilines is 1. The summed E-state index contributed by atoms with van der Waals surface area (Å²) in [6, 6.07) is 7.04. The number of halogens is 3. The Hall–Kier alpha value is -2.63. The molecule has 0 spiro atoms. The summed E-state index contributed by atoms with van der Waals surface area (Å²) in [7, 11) is 0. The van der Waals surface area contributed by atoms with Gasteiger partial charge >= 0.3 is 0 Å². The Labute approximate surface area is 112 Å². The van der Waals surface area contributed by atoms with Crippen LogP contribution in [0.5, 0.6) is 0 Å². The molecule has 102 valence electrons. The summed E-state index contributed by atoms with van der Waals surface area (Å²) >= 11 is 0. The third-order valence-electron chi connectivity index (χ3n) is 2.46. The Morgan fingerprint density at radius 3 is 2.30 bits per heavy atom. The first-order valence-corrected chi connectivity index (χ1v) is 5.53. The molecule has 0 atom stereocenters. The van der Waals surface area contributed by atoms with Crippen molar-refractivity contribution in [3.8, 4) is 0 Å². The van der Waals surface area contributed by atoms with Crippen LogP contribution in [0.1, 0.15) is 10.4 Å². The van der Waals surface area contributed by atoms with Gasteiger partial charge in [0.1, 0.15) is 17.5 Å². The number of nitrogens with one attached hydrogen (secondary N) is 1. The fraction of sp³-hybridized carbons (Fsp3) is 0. The van der Waals surface area contributed by atoms with Crippen LogP contribution in [-0.4, -0.2) is 11.7 Å². The molecule has 0 saturated heterocycles. The number of carbonyl (C=O) groups excluding carboxylic acids is 2. The van der Waals surface area contributed by atoms with E-state index in [1.54, 1.807) is 0 Å². The monoisotopic (exact) mass is 279 g/mol. The smallest absolute Gasteiger partial charge is 0.296 e. The number of carbonyl (C=O) groups is 2. The Balaban J connectivity index is 2.21. The van der Waals surface area contributed by atoms with Crippen molar-refractivity contribution in [3.63, 3.8) is 0 Å². The molecule has 0 aliphatic heterocycles. The van der Waals surface area contributed by atoms with Gasteiger partial charge in [-0.1, -0.05) is 6.07 Å². The lowest BCUT2D eigenvalue weighted by Gasteiger charge is -2.05. The van der Waals surface area contributed by atoms with Gasteiger partial charge in [0.25, 0.3) is 11.7 Å². The lowest BCUT2D eigenvalue weighted by Crippen LogP contribution is -2.24. The first-order chi connectivity index (χ1) is 9.47. The average Bonchev–Trinajstić information content (AvgIpc) is 2.40. The second kappa shape index (κ2) is 5.56. The molecule has 0 unspecified atom stereocenters. The van der Waals surface area contributed by atoms with Crippen LogP contribution in [0.2, 0.25) is 0 Å². The summed E-state index contributed by atoms with van der Waals surface area (Å²) in [5.41, 5.74) is -0.640. The van der Waals surface area contributed by atoms with Gasteiger partial charge in [0.05, 0.1) is 5.56 Å². The molecule has 6 heteroatoms. The predicted octanol–water partition coefficient (Wildman–Crippen LogP) is 2.93. The Bertz CT molecular complexity index is 686.